The average Bonchev–Trinajstić information content (AvgIpc) is 3.33. The van der Waals surface area contributed by atoms with Gasteiger partial charge in [-0.15, -0.1) is 16.4 Å². The van der Waals surface area contributed by atoms with Crippen LogP contribution in [0.3, 0.4) is 0 Å². The Labute approximate surface area is 150 Å². The van der Waals surface area contributed by atoms with Crippen LogP contribution in [0.5, 0.6) is 0 Å². The highest BCUT2D eigenvalue weighted by molar-refractivity contribution is 7.98. The van der Waals surface area contributed by atoms with Crippen molar-refractivity contribution in [3.63, 3.8) is 0 Å². The summed E-state index contributed by atoms with van der Waals surface area (Å²) in [6, 6.07) is 11.3. The highest BCUT2D eigenvalue weighted by Gasteiger charge is 2.12. The monoisotopic (exact) mass is 375 g/mol. The second-order valence-electron chi connectivity index (χ2n) is 4.75. The van der Waals surface area contributed by atoms with Gasteiger partial charge in [0.2, 0.25) is 16.9 Å². The van der Waals surface area contributed by atoms with Gasteiger partial charge in [-0.05, 0) is 23.6 Å². The number of hydrogen-bond acceptors (Lipinski definition) is 7. The molecule has 0 saturated carbocycles. The molecule has 3 heterocycles. The van der Waals surface area contributed by atoms with Gasteiger partial charge in [0.05, 0.1) is 10.6 Å². The van der Waals surface area contributed by atoms with Crippen LogP contribution in [-0.4, -0.2) is 25.3 Å². The Morgan fingerprint density at radius 3 is 3.00 bits per heavy atom. The Kier molecular flexibility index (Phi) is 4.33. The second-order valence-corrected chi connectivity index (χ2v) is 7.08. The summed E-state index contributed by atoms with van der Waals surface area (Å²) in [6.45, 7) is 0. The number of thiophene rings is 1. The number of hydrogen-bond donors (Lipinski definition) is 1. The zero-order valence-electron chi connectivity index (χ0n) is 12.1. The first-order chi connectivity index (χ1) is 11.8. The molecule has 9 heteroatoms. The van der Waals surface area contributed by atoms with Crippen molar-refractivity contribution in [3.05, 3.63) is 52.7 Å². The minimum absolute atomic E-state index is 0.495. The molecule has 120 valence electrons. The summed E-state index contributed by atoms with van der Waals surface area (Å²) in [5.74, 6) is 2.28. The molecule has 6 nitrogen and oxygen atoms in total. The van der Waals surface area contributed by atoms with E-state index in [9.17, 15) is 0 Å². The topological polar surface area (TPSA) is 80.5 Å². The maximum Gasteiger partial charge on any atom is 0.237 e. The third-order valence-electron chi connectivity index (χ3n) is 3.10. The highest BCUT2D eigenvalue weighted by atomic mass is 35.5. The first kappa shape index (κ1) is 15.4. The van der Waals surface area contributed by atoms with Crippen molar-refractivity contribution in [1.82, 2.24) is 25.3 Å². The third kappa shape index (κ3) is 3.35. The molecule has 0 aliphatic rings. The lowest BCUT2D eigenvalue weighted by Gasteiger charge is -1.93. The van der Waals surface area contributed by atoms with Crippen LogP contribution in [0.2, 0.25) is 5.02 Å². The highest BCUT2D eigenvalue weighted by Crippen LogP contribution is 2.25. The number of aromatic amines is 1. The van der Waals surface area contributed by atoms with Crippen LogP contribution in [0.4, 0.5) is 0 Å². The number of aromatic nitrogens is 5. The molecule has 1 aromatic carbocycles. The summed E-state index contributed by atoms with van der Waals surface area (Å²) in [5, 5.41) is 14.4. The molecule has 0 fully saturated rings. The lowest BCUT2D eigenvalue weighted by molar-refractivity contribution is 0.391. The molecule has 0 spiro atoms. The lowest BCUT2D eigenvalue weighted by atomic mass is 10.2. The molecule has 0 amide bonds. The third-order valence-corrected chi connectivity index (χ3v) is 5.04. The van der Waals surface area contributed by atoms with E-state index in [1.165, 1.54) is 11.8 Å². The standard InChI is InChI=1S/C15H10ClN5OS2/c16-10-4-1-3-9(7-10)13-17-12(22-21-13)8-24-15-18-14(19-20-15)11-5-2-6-23-11/h1-7H,8H2,(H,18,19,20). The summed E-state index contributed by atoms with van der Waals surface area (Å²) < 4.78 is 5.27. The van der Waals surface area contributed by atoms with Crippen LogP contribution in [-0.2, 0) is 5.75 Å². The molecule has 3 aromatic heterocycles. The van der Waals surface area contributed by atoms with E-state index in [4.69, 9.17) is 16.1 Å². The first-order valence-electron chi connectivity index (χ1n) is 6.95. The minimum Gasteiger partial charge on any atom is -0.338 e. The predicted molar refractivity (Wildman–Crippen MR) is 94.0 cm³/mol. The molecular formula is C15H10ClN5OS2. The van der Waals surface area contributed by atoms with Gasteiger partial charge < -0.3 is 4.52 Å². The van der Waals surface area contributed by atoms with E-state index in [2.05, 4.69) is 25.3 Å². The van der Waals surface area contributed by atoms with E-state index in [1.807, 2.05) is 29.6 Å². The number of thioether (sulfide) groups is 1. The molecule has 1 N–H and O–H groups in total. The van der Waals surface area contributed by atoms with Crippen LogP contribution in [0.1, 0.15) is 5.89 Å². The molecule has 4 aromatic rings. The molecule has 0 aliphatic carbocycles. The van der Waals surface area contributed by atoms with Gasteiger partial charge in [-0.3, -0.25) is 5.10 Å². The number of H-pyrrole nitrogens is 1. The van der Waals surface area contributed by atoms with E-state index >= 15 is 0 Å². The van der Waals surface area contributed by atoms with Crippen molar-refractivity contribution in [1.29, 1.82) is 0 Å². The van der Waals surface area contributed by atoms with Crippen molar-refractivity contribution in [2.24, 2.45) is 0 Å². The maximum atomic E-state index is 5.98. The quantitative estimate of drug-likeness (QED) is 0.516. The van der Waals surface area contributed by atoms with Gasteiger partial charge in [-0.1, -0.05) is 46.7 Å². The van der Waals surface area contributed by atoms with Crippen LogP contribution in [0.15, 0.2) is 51.5 Å². The van der Waals surface area contributed by atoms with Crippen molar-refractivity contribution < 1.29 is 4.52 Å². The van der Waals surface area contributed by atoms with Crippen LogP contribution in [0.25, 0.3) is 22.1 Å². The van der Waals surface area contributed by atoms with E-state index in [0.29, 0.717) is 27.6 Å². The molecule has 24 heavy (non-hydrogen) atoms. The Morgan fingerprint density at radius 1 is 1.21 bits per heavy atom. The minimum atomic E-state index is 0.495. The van der Waals surface area contributed by atoms with Crippen LogP contribution >= 0.6 is 34.7 Å². The normalized spacial score (nSPS) is 11.0. The fraction of sp³-hybridized carbons (Fsp3) is 0.0667. The maximum absolute atomic E-state index is 5.98. The number of nitrogens with one attached hydrogen (secondary N) is 1. The summed E-state index contributed by atoms with van der Waals surface area (Å²) >= 11 is 9.02. The largest absolute Gasteiger partial charge is 0.338 e. The Balaban J connectivity index is 1.43. The molecule has 0 aliphatic heterocycles. The van der Waals surface area contributed by atoms with Crippen molar-refractivity contribution >= 4 is 34.7 Å². The van der Waals surface area contributed by atoms with Crippen LogP contribution < -0.4 is 0 Å². The Morgan fingerprint density at radius 2 is 2.17 bits per heavy atom. The number of nitrogens with zero attached hydrogens (tertiary/aromatic N) is 4. The van der Waals surface area contributed by atoms with Crippen molar-refractivity contribution in [2.75, 3.05) is 0 Å². The van der Waals surface area contributed by atoms with Gasteiger partial charge in [-0.25, -0.2) is 4.98 Å². The molecule has 4 rings (SSSR count). The van der Waals surface area contributed by atoms with E-state index in [-0.39, 0.29) is 0 Å². The van der Waals surface area contributed by atoms with Gasteiger partial charge >= 0.3 is 0 Å². The smallest absolute Gasteiger partial charge is 0.237 e. The van der Waals surface area contributed by atoms with Crippen molar-refractivity contribution in [3.8, 4) is 22.1 Å². The number of benzene rings is 1. The van der Waals surface area contributed by atoms with Gasteiger partial charge in [0.1, 0.15) is 0 Å². The van der Waals surface area contributed by atoms with Crippen LogP contribution in [0, 0.1) is 0 Å². The van der Waals surface area contributed by atoms with Gasteiger partial charge in [0, 0.05) is 10.6 Å². The molecule has 0 radical (unpaired) electrons. The summed E-state index contributed by atoms with van der Waals surface area (Å²) in [5.41, 5.74) is 0.820. The molecule has 0 saturated heterocycles. The SMILES string of the molecule is Clc1cccc(-c2noc(CSc3n[nH]c(-c4cccs4)n3)n2)c1. The predicted octanol–water partition coefficient (Wildman–Crippen LogP) is 4.53. The zero-order chi connectivity index (χ0) is 16.4. The Hall–Kier alpha value is -2.16. The number of rotatable bonds is 5. The van der Waals surface area contributed by atoms with Gasteiger partial charge in [0.25, 0.3) is 0 Å². The molecule has 0 unspecified atom stereocenters. The summed E-state index contributed by atoms with van der Waals surface area (Å²) in [7, 11) is 0. The van der Waals surface area contributed by atoms with Crippen molar-refractivity contribution in [2.45, 2.75) is 10.9 Å². The van der Waals surface area contributed by atoms with E-state index in [0.717, 1.165) is 16.3 Å². The van der Waals surface area contributed by atoms with E-state index < -0.39 is 0 Å². The summed E-state index contributed by atoms with van der Waals surface area (Å²) in [6.07, 6.45) is 0. The fourth-order valence-electron chi connectivity index (χ4n) is 2.02. The average molecular weight is 376 g/mol. The summed E-state index contributed by atoms with van der Waals surface area (Å²) in [4.78, 5) is 9.87. The first-order valence-corrected chi connectivity index (χ1v) is 9.20. The number of halogens is 1. The molecule has 0 atom stereocenters. The lowest BCUT2D eigenvalue weighted by Crippen LogP contribution is -1.84. The molecular weight excluding hydrogens is 366 g/mol. The second kappa shape index (κ2) is 6.76. The fourth-order valence-corrected chi connectivity index (χ4v) is 3.51. The Bertz CT molecular complexity index is 950. The van der Waals surface area contributed by atoms with E-state index in [1.54, 1.807) is 23.5 Å². The van der Waals surface area contributed by atoms with Gasteiger partial charge in [0.15, 0.2) is 5.82 Å². The zero-order valence-corrected chi connectivity index (χ0v) is 14.5. The molecule has 0 bridgehead atoms. The van der Waals surface area contributed by atoms with Gasteiger partial charge in [-0.2, -0.15) is 4.98 Å².